The van der Waals surface area contributed by atoms with Gasteiger partial charge in [-0.2, -0.15) is 0 Å². The molecule has 0 saturated carbocycles. The zero-order valence-electron chi connectivity index (χ0n) is 8.97. The van der Waals surface area contributed by atoms with Crippen LogP contribution < -0.4 is 5.32 Å². The summed E-state index contributed by atoms with van der Waals surface area (Å²) in [7, 11) is 3.48. The number of hydrogen-bond acceptors (Lipinski definition) is 3. The minimum atomic E-state index is 0.809. The Bertz CT molecular complexity index is 79.0. The van der Waals surface area contributed by atoms with E-state index >= 15 is 0 Å². The van der Waals surface area contributed by atoms with Crippen LogP contribution in [0.4, 0.5) is 0 Å². The molecule has 0 rings (SSSR count). The van der Waals surface area contributed by atoms with Crippen LogP contribution in [0.15, 0.2) is 0 Å². The molecule has 0 aliphatic rings. The lowest BCUT2D eigenvalue weighted by molar-refractivity contribution is 0.191. The minimum absolute atomic E-state index is 0.809. The Balaban J connectivity index is 2.76. The fraction of sp³-hybridized carbons (Fsp3) is 1.00. The highest BCUT2D eigenvalue weighted by Crippen LogP contribution is 1.98. The van der Waals surface area contributed by atoms with E-state index in [1.807, 2.05) is 0 Å². The molecule has 0 fully saturated rings. The Morgan fingerprint density at radius 3 is 2.15 bits per heavy atom. The van der Waals surface area contributed by atoms with Crippen LogP contribution in [0.2, 0.25) is 0 Å². The van der Waals surface area contributed by atoms with Crippen molar-refractivity contribution in [3.8, 4) is 0 Å². The van der Waals surface area contributed by atoms with Crippen LogP contribution in [0.5, 0.6) is 0 Å². The van der Waals surface area contributed by atoms with Gasteiger partial charge in [-0.15, -0.1) is 0 Å². The van der Waals surface area contributed by atoms with Gasteiger partial charge in [0.2, 0.25) is 0 Å². The van der Waals surface area contributed by atoms with Gasteiger partial charge >= 0.3 is 0 Å². The molecule has 0 bridgehead atoms. The van der Waals surface area contributed by atoms with E-state index in [1.165, 1.54) is 25.7 Å². The number of ether oxygens (including phenoxy) is 2. The summed E-state index contributed by atoms with van der Waals surface area (Å²) in [6, 6.07) is 0. The molecular weight excluding hydrogens is 166 g/mol. The van der Waals surface area contributed by atoms with Gasteiger partial charge in [0.25, 0.3) is 0 Å². The highest BCUT2D eigenvalue weighted by molar-refractivity contribution is 4.48. The largest absolute Gasteiger partial charge is 0.385 e. The summed E-state index contributed by atoms with van der Waals surface area (Å²) in [6.45, 7) is 3.78. The first-order valence-corrected chi connectivity index (χ1v) is 5.10. The molecule has 0 aliphatic heterocycles. The molecular formula is C10H23NO2. The Hall–Kier alpha value is -0.120. The van der Waals surface area contributed by atoms with Crippen molar-refractivity contribution in [3.63, 3.8) is 0 Å². The maximum atomic E-state index is 4.97. The van der Waals surface area contributed by atoms with E-state index in [-0.39, 0.29) is 0 Å². The van der Waals surface area contributed by atoms with E-state index in [0.29, 0.717) is 0 Å². The van der Waals surface area contributed by atoms with Gasteiger partial charge in [-0.05, 0) is 19.4 Å². The second kappa shape index (κ2) is 11.9. The predicted molar refractivity (Wildman–Crippen MR) is 55.1 cm³/mol. The maximum absolute atomic E-state index is 4.97. The van der Waals surface area contributed by atoms with Gasteiger partial charge < -0.3 is 14.8 Å². The molecule has 1 N–H and O–H groups in total. The van der Waals surface area contributed by atoms with Crippen LogP contribution in [-0.2, 0) is 9.47 Å². The third-order valence-electron chi connectivity index (χ3n) is 1.93. The van der Waals surface area contributed by atoms with Crippen molar-refractivity contribution in [2.75, 3.05) is 40.5 Å². The number of methoxy groups -OCH3 is 2. The van der Waals surface area contributed by atoms with Gasteiger partial charge in [0.15, 0.2) is 0 Å². The van der Waals surface area contributed by atoms with Crippen LogP contribution in [0.3, 0.4) is 0 Å². The molecule has 0 atom stereocenters. The van der Waals surface area contributed by atoms with Gasteiger partial charge in [0.05, 0.1) is 6.61 Å². The van der Waals surface area contributed by atoms with Crippen molar-refractivity contribution >= 4 is 0 Å². The maximum Gasteiger partial charge on any atom is 0.0587 e. The zero-order chi connectivity index (χ0) is 9.78. The van der Waals surface area contributed by atoms with E-state index in [1.54, 1.807) is 14.2 Å². The summed E-state index contributed by atoms with van der Waals surface area (Å²) in [5.41, 5.74) is 0. The van der Waals surface area contributed by atoms with Crippen molar-refractivity contribution in [1.82, 2.24) is 5.32 Å². The molecule has 0 spiro atoms. The summed E-state index contributed by atoms with van der Waals surface area (Å²) < 4.78 is 9.89. The fourth-order valence-electron chi connectivity index (χ4n) is 1.15. The highest BCUT2D eigenvalue weighted by atomic mass is 16.5. The SMILES string of the molecule is COCCCCCCNCCOC. The van der Waals surface area contributed by atoms with Crippen LogP contribution in [0.25, 0.3) is 0 Å². The van der Waals surface area contributed by atoms with E-state index in [4.69, 9.17) is 9.47 Å². The lowest BCUT2D eigenvalue weighted by Crippen LogP contribution is -2.20. The fourth-order valence-corrected chi connectivity index (χ4v) is 1.15. The van der Waals surface area contributed by atoms with E-state index in [2.05, 4.69) is 5.32 Å². The van der Waals surface area contributed by atoms with Gasteiger partial charge in [0, 0.05) is 27.4 Å². The summed E-state index contributed by atoms with van der Waals surface area (Å²) in [5.74, 6) is 0. The quantitative estimate of drug-likeness (QED) is 0.527. The topological polar surface area (TPSA) is 30.5 Å². The van der Waals surface area contributed by atoms with Crippen LogP contribution in [-0.4, -0.2) is 40.5 Å². The lowest BCUT2D eigenvalue weighted by atomic mass is 10.2. The highest BCUT2D eigenvalue weighted by Gasteiger charge is 1.89. The molecule has 0 aromatic rings. The molecule has 3 nitrogen and oxygen atoms in total. The molecule has 0 heterocycles. The molecule has 0 aromatic carbocycles. The van der Waals surface area contributed by atoms with E-state index < -0.39 is 0 Å². The van der Waals surface area contributed by atoms with Crippen molar-refractivity contribution < 1.29 is 9.47 Å². The second-order valence-corrected chi connectivity index (χ2v) is 3.15. The Morgan fingerprint density at radius 2 is 1.46 bits per heavy atom. The van der Waals surface area contributed by atoms with Gasteiger partial charge in [-0.25, -0.2) is 0 Å². The average molecular weight is 189 g/mol. The normalized spacial score (nSPS) is 10.6. The summed E-state index contributed by atoms with van der Waals surface area (Å²) in [6.07, 6.45) is 5.02. The predicted octanol–water partition coefficient (Wildman–Crippen LogP) is 1.43. The molecule has 0 unspecified atom stereocenters. The molecule has 0 saturated heterocycles. The Kier molecular flexibility index (Phi) is 11.8. The van der Waals surface area contributed by atoms with Crippen molar-refractivity contribution in [2.24, 2.45) is 0 Å². The van der Waals surface area contributed by atoms with Crippen LogP contribution >= 0.6 is 0 Å². The minimum Gasteiger partial charge on any atom is -0.385 e. The molecule has 0 aromatic heterocycles. The first kappa shape index (κ1) is 12.9. The summed E-state index contributed by atoms with van der Waals surface area (Å²) in [5, 5.41) is 3.32. The Morgan fingerprint density at radius 1 is 0.769 bits per heavy atom. The molecule has 80 valence electrons. The smallest absolute Gasteiger partial charge is 0.0587 e. The number of rotatable bonds is 10. The summed E-state index contributed by atoms with van der Waals surface area (Å²) >= 11 is 0. The van der Waals surface area contributed by atoms with Crippen molar-refractivity contribution in [3.05, 3.63) is 0 Å². The molecule has 0 aliphatic carbocycles. The lowest BCUT2D eigenvalue weighted by Gasteiger charge is -2.03. The number of unbranched alkanes of at least 4 members (excludes halogenated alkanes) is 3. The Labute approximate surface area is 81.8 Å². The third-order valence-corrected chi connectivity index (χ3v) is 1.93. The monoisotopic (exact) mass is 189 g/mol. The molecule has 13 heavy (non-hydrogen) atoms. The van der Waals surface area contributed by atoms with Gasteiger partial charge in [-0.1, -0.05) is 12.8 Å². The average Bonchev–Trinajstić information content (AvgIpc) is 2.16. The second-order valence-electron chi connectivity index (χ2n) is 3.15. The van der Waals surface area contributed by atoms with Gasteiger partial charge in [-0.3, -0.25) is 0 Å². The van der Waals surface area contributed by atoms with E-state index in [0.717, 1.165) is 26.3 Å². The van der Waals surface area contributed by atoms with E-state index in [9.17, 15) is 0 Å². The summed E-state index contributed by atoms with van der Waals surface area (Å²) in [4.78, 5) is 0. The number of nitrogens with one attached hydrogen (secondary N) is 1. The zero-order valence-corrected chi connectivity index (χ0v) is 8.97. The van der Waals surface area contributed by atoms with Crippen LogP contribution in [0.1, 0.15) is 25.7 Å². The first-order chi connectivity index (χ1) is 6.41. The van der Waals surface area contributed by atoms with Crippen molar-refractivity contribution in [1.29, 1.82) is 0 Å². The number of hydrogen-bond donors (Lipinski definition) is 1. The molecule has 3 heteroatoms. The first-order valence-electron chi connectivity index (χ1n) is 5.10. The van der Waals surface area contributed by atoms with Crippen molar-refractivity contribution in [2.45, 2.75) is 25.7 Å². The standard InChI is InChI=1S/C10H23NO2/c1-12-9-6-4-3-5-7-11-8-10-13-2/h11H,3-10H2,1-2H3. The third kappa shape index (κ3) is 11.9. The van der Waals surface area contributed by atoms with Gasteiger partial charge in [0.1, 0.15) is 0 Å². The van der Waals surface area contributed by atoms with Crippen LogP contribution in [0, 0.1) is 0 Å². The molecule has 0 radical (unpaired) electrons. The molecule has 0 amide bonds.